The minimum atomic E-state index is -0.705. The van der Waals surface area contributed by atoms with Crippen LogP contribution >= 0.6 is 11.6 Å². The molecule has 0 saturated heterocycles. The number of amides is 1. The summed E-state index contributed by atoms with van der Waals surface area (Å²) in [7, 11) is 3.77. The minimum Gasteiger partial charge on any atom is -0.450 e. The maximum Gasteiger partial charge on any atom is 0.290 e. The monoisotopic (exact) mass is 441 g/mol. The zero-order valence-corrected chi connectivity index (χ0v) is 18.0. The van der Waals surface area contributed by atoms with Gasteiger partial charge < -0.3 is 14.2 Å². The van der Waals surface area contributed by atoms with Crippen molar-refractivity contribution in [2.75, 3.05) is 27.2 Å². The van der Waals surface area contributed by atoms with Crippen molar-refractivity contribution in [1.29, 1.82) is 0 Å². The summed E-state index contributed by atoms with van der Waals surface area (Å²) in [5.41, 5.74) is 1.46. The van der Waals surface area contributed by atoms with E-state index in [-0.39, 0.29) is 28.3 Å². The minimum absolute atomic E-state index is 0.00123. The number of likely N-dealkylation sites (N-methyl/N-ethyl adjacent to an activating group) is 1. The number of carbonyl (C=O) groups is 1. The molecule has 4 rings (SSSR count). The highest BCUT2D eigenvalue weighted by molar-refractivity contribution is 6.32. The van der Waals surface area contributed by atoms with E-state index in [1.807, 2.05) is 19.0 Å². The highest BCUT2D eigenvalue weighted by Crippen LogP contribution is 2.39. The lowest BCUT2D eigenvalue weighted by atomic mass is 9.98. The quantitative estimate of drug-likeness (QED) is 0.441. The average molecular weight is 442 g/mol. The number of hydrogen-bond acceptors (Lipinski definition) is 6. The third-order valence-electron chi connectivity index (χ3n) is 5.45. The number of benzene rings is 2. The van der Waals surface area contributed by atoms with E-state index in [9.17, 15) is 19.7 Å². The van der Waals surface area contributed by atoms with Gasteiger partial charge >= 0.3 is 0 Å². The van der Waals surface area contributed by atoms with E-state index in [0.717, 1.165) is 5.56 Å². The molecule has 1 aliphatic heterocycles. The number of halogens is 1. The van der Waals surface area contributed by atoms with E-state index >= 15 is 0 Å². The van der Waals surface area contributed by atoms with Gasteiger partial charge in [-0.05, 0) is 56.4 Å². The Hall–Kier alpha value is -3.23. The van der Waals surface area contributed by atoms with Crippen molar-refractivity contribution in [2.24, 2.45) is 0 Å². The molecular formula is C22H20ClN3O5. The zero-order valence-electron chi connectivity index (χ0n) is 17.2. The Kier molecular flexibility index (Phi) is 5.28. The first kappa shape index (κ1) is 21.0. The summed E-state index contributed by atoms with van der Waals surface area (Å²) < 4.78 is 5.91. The van der Waals surface area contributed by atoms with Gasteiger partial charge in [-0.25, -0.2) is 0 Å². The predicted octanol–water partition coefficient (Wildman–Crippen LogP) is 3.77. The molecule has 1 aromatic heterocycles. The summed E-state index contributed by atoms with van der Waals surface area (Å²) in [6, 6.07) is 8.37. The first-order valence-electron chi connectivity index (χ1n) is 9.66. The molecule has 3 aromatic rings. The SMILES string of the molecule is Cc1cc2oc3c(c(=O)c2cc1Cl)[C@@H](c1ccc([N+](=O)[O-])cc1)N(CCN(C)C)C3=O. The number of nitro benzene ring substituents is 1. The lowest BCUT2D eigenvalue weighted by molar-refractivity contribution is -0.384. The lowest BCUT2D eigenvalue weighted by Crippen LogP contribution is -2.35. The van der Waals surface area contributed by atoms with E-state index in [2.05, 4.69) is 0 Å². The number of carbonyl (C=O) groups excluding carboxylic acids is 1. The van der Waals surface area contributed by atoms with Gasteiger partial charge in [-0.1, -0.05) is 11.6 Å². The molecule has 1 amide bonds. The fourth-order valence-electron chi connectivity index (χ4n) is 3.80. The van der Waals surface area contributed by atoms with Gasteiger partial charge in [0.25, 0.3) is 11.6 Å². The third-order valence-corrected chi connectivity index (χ3v) is 5.86. The number of rotatable bonds is 5. The zero-order chi connectivity index (χ0) is 22.4. The lowest BCUT2D eigenvalue weighted by Gasteiger charge is -2.26. The molecule has 0 fully saturated rings. The Morgan fingerprint density at radius 3 is 2.48 bits per heavy atom. The Morgan fingerprint density at radius 1 is 1.19 bits per heavy atom. The summed E-state index contributed by atoms with van der Waals surface area (Å²) in [5.74, 6) is -0.381. The molecular weight excluding hydrogens is 422 g/mol. The van der Waals surface area contributed by atoms with Gasteiger partial charge in [0.15, 0.2) is 5.43 Å². The van der Waals surface area contributed by atoms with E-state index in [4.69, 9.17) is 16.0 Å². The van der Waals surface area contributed by atoms with Gasteiger partial charge in [0, 0.05) is 30.2 Å². The fourth-order valence-corrected chi connectivity index (χ4v) is 3.97. The second kappa shape index (κ2) is 7.79. The van der Waals surface area contributed by atoms with E-state index < -0.39 is 11.0 Å². The molecule has 0 saturated carbocycles. The van der Waals surface area contributed by atoms with Gasteiger partial charge in [0.1, 0.15) is 5.58 Å². The number of non-ortho nitro benzene ring substituents is 1. The van der Waals surface area contributed by atoms with Crippen LogP contribution in [0.15, 0.2) is 45.6 Å². The molecule has 9 heteroatoms. The molecule has 0 aliphatic carbocycles. The molecule has 8 nitrogen and oxygen atoms in total. The Bertz CT molecular complexity index is 1270. The summed E-state index contributed by atoms with van der Waals surface area (Å²) in [6.45, 7) is 2.72. The number of nitrogens with zero attached hydrogens (tertiary/aromatic N) is 3. The molecule has 160 valence electrons. The van der Waals surface area contributed by atoms with Crippen LogP contribution in [0.5, 0.6) is 0 Å². The number of hydrogen-bond donors (Lipinski definition) is 0. The van der Waals surface area contributed by atoms with Crippen molar-refractivity contribution in [3.63, 3.8) is 0 Å². The predicted molar refractivity (Wildman–Crippen MR) is 117 cm³/mol. The summed E-state index contributed by atoms with van der Waals surface area (Å²) in [5, 5.41) is 11.8. The topological polar surface area (TPSA) is 96.9 Å². The molecule has 0 unspecified atom stereocenters. The van der Waals surface area contributed by atoms with Crippen molar-refractivity contribution in [1.82, 2.24) is 9.80 Å². The Balaban J connectivity index is 1.93. The van der Waals surface area contributed by atoms with Crippen LogP contribution < -0.4 is 5.43 Å². The van der Waals surface area contributed by atoms with Gasteiger partial charge in [-0.3, -0.25) is 19.7 Å². The maximum absolute atomic E-state index is 13.5. The van der Waals surface area contributed by atoms with Crippen LogP contribution in [0.4, 0.5) is 5.69 Å². The van der Waals surface area contributed by atoms with Crippen molar-refractivity contribution in [3.8, 4) is 0 Å². The summed E-state index contributed by atoms with van der Waals surface area (Å²) in [6.07, 6.45) is 0. The average Bonchev–Trinajstić information content (AvgIpc) is 3.00. The van der Waals surface area contributed by atoms with Gasteiger partial charge in [-0.15, -0.1) is 0 Å². The van der Waals surface area contributed by atoms with Crippen molar-refractivity contribution in [2.45, 2.75) is 13.0 Å². The number of aryl methyl sites for hydroxylation is 1. The maximum atomic E-state index is 13.5. The first-order chi connectivity index (χ1) is 14.7. The molecule has 0 spiro atoms. The second-order valence-electron chi connectivity index (χ2n) is 7.82. The highest BCUT2D eigenvalue weighted by Gasteiger charge is 2.42. The van der Waals surface area contributed by atoms with Gasteiger partial charge in [0.05, 0.1) is 21.9 Å². The molecule has 0 bridgehead atoms. The van der Waals surface area contributed by atoms with Crippen LogP contribution in [-0.2, 0) is 0 Å². The molecule has 0 N–H and O–H groups in total. The van der Waals surface area contributed by atoms with Crippen molar-refractivity contribution >= 4 is 34.2 Å². The fraction of sp³-hybridized carbons (Fsp3) is 0.273. The van der Waals surface area contributed by atoms with Gasteiger partial charge in [0.2, 0.25) is 5.76 Å². The number of nitro groups is 1. The van der Waals surface area contributed by atoms with Crippen LogP contribution in [0.3, 0.4) is 0 Å². The summed E-state index contributed by atoms with van der Waals surface area (Å²) in [4.78, 5) is 40.8. The smallest absolute Gasteiger partial charge is 0.290 e. The molecule has 1 aliphatic rings. The van der Waals surface area contributed by atoms with Crippen molar-refractivity contribution < 1.29 is 14.1 Å². The number of fused-ring (bicyclic) bond motifs is 2. The first-order valence-corrected chi connectivity index (χ1v) is 10.0. The van der Waals surface area contributed by atoms with E-state index in [0.29, 0.717) is 34.6 Å². The van der Waals surface area contributed by atoms with Crippen LogP contribution in [0, 0.1) is 17.0 Å². The molecule has 2 aromatic carbocycles. The molecule has 2 heterocycles. The molecule has 31 heavy (non-hydrogen) atoms. The van der Waals surface area contributed by atoms with Crippen molar-refractivity contribution in [3.05, 3.63) is 84.2 Å². The standard InChI is InChI=1S/C22H20ClN3O5/c1-12-10-17-15(11-16(12)23)20(27)18-19(13-4-6-14(7-5-13)26(29)30)25(9-8-24(2)3)22(28)21(18)31-17/h4-7,10-11,19H,8-9H2,1-3H3/t19-/m1/s1. The largest absolute Gasteiger partial charge is 0.450 e. The van der Waals surface area contributed by atoms with Crippen LogP contribution in [-0.4, -0.2) is 47.8 Å². The summed E-state index contributed by atoms with van der Waals surface area (Å²) >= 11 is 6.23. The Labute approximate surface area is 182 Å². The molecule has 1 atom stereocenters. The van der Waals surface area contributed by atoms with Gasteiger partial charge in [-0.2, -0.15) is 0 Å². The van der Waals surface area contributed by atoms with Crippen LogP contribution in [0.25, 0.3) is 11.0 Å². The molecule has 0 radical (unpaired) electrons. The second-order valence-corrected chi connectivity index (χ2v) is 8.23. The normalized spacial score (nSPS) is 15.7. The third kappa shape index (κ3) is 3.58. The van der Waals surface area contributed by atoms with E-state index in [1.165, 1.54) is 12.1 Å². The highest BCUT2D eigenvalue weighted by atomic mass is 35.5. The van der Waals surface area contributed by atoms with Crippen LogP contribution in [0.2, 0.25) is 5.02 Å². The Morgan fingerprint density at radius 2 is 1.87 bits per heavy atom. The van der Waals surface area contributed by atoms with E-state index in [1.54, 1.807) is 36.1 Å². The van der Waals surface area contributed by atoms with Crippen LogP contribution in [0.1, 0.15) is 33.3 Å².